The average molecular weight is 454 g/mol. The van der Waals surface area contributed by atoms with Gasteiger partial charge < -0.3 is 4.84 Å². The van der Waals surface area contributed by atoms with Gasteiger partial charge in [-0.15, -0.1) is 6.42 Å². The van der Waals surface area contributed by atoms with Crippen LogP contribution in [0.3, 0.4) is 0 Å². The molecule has 1 amide bonds. The summed E-state index contributed by atoms with van der Waals surface area (Å²) in [6, 6.07) is 3.51. The number of oxime groups is 1. The van der Waals surface area contributed by atoms with Crippen molar-refractivity contribution in [3.8, 4) is 18.0 Å². The fourth-order valence-electron chi connectivity index (χ4n) is 2.65. The molecule has 1 fully saturated rings. The Labute approximate surface area is 181 Å². The van der Waals surface area contributed by atoms with E-state index in [4.69, 9.17) is 22.9 Å². The smallest absolute Gasteiger partial charge is 0.277 e. The van der Waals surface area contributed by atoms with Crippen LogP contribution in [0.25, 0.3) is 5.69 Å². The van der Waals surface area contributed by atoms with Crippen LogP contribution < -0.4 is 4.90 Å². The van der Waals surface area contributed by atoms with E-state index in [0.717, 1.165) is 0 Å². The molecule has 0 aromatic carbocycles. The molecule has 158 valence electrons. The molecule has 1 atom stereocenters. The number of hydrogen-bond acceptors (Lipinski definition) is 6. The van der Waals surface area contributed by atoms with E-state index in [1.54, 1.807) is 30.7 Å². The first-order valence-electron chi connectivity index (χ1n) is 8.84. The minimum Gasteiger partial charge on any atom is -0.399 e. The van der Waals surface area contributed by atoms with E-state index in [2.05, 4.69) is 21.2 Å². The van der Waals surface area contributed by atoms with Crippen molar-refractivity contribution in [1.29, 1.82) is 0 Å². The van der Waals surface area contributed by atoms with Crippen molar-refractivity contribution in [2.24, 2.45) is 11.1 Å². The second kappa shape index (κ2) is 9.45. The second-order valence-corrected chi connectivity index (χ2v) is 7.84. The number of pyridine rings is 1. The third-order valence-corrected chi connectivity index (χ3v) is 5.69. The average Bonchev–Trinajstić information content (AvgIpc) is 3.15. The van der Waals surface area contributed by atoms with Gasteiger partial charge in [-0.25, -0.2) is 13.5 Å². The minimum absolute atomic E-state index is 0.0342. The number of nitrogens with zero attached hydrogens (tertiary/aromatic N) is 5. The number of thioether (sulfide) groups is 1. The maximum atomic E-state index is 13.1. The molecule has 7 nitrogen and oxygen atoms in total. The van der Waals surface area contributed by atoms with Crippen molar-refractivity contribution < 1.29 is 18.4 Å². The quantitative estimate of drug-likeness (QED) is 0.331. The standard InChI is InChI=1S/C19H18ClF2N5O2S/c1-3-7-26(16-10-27(24-17(16)20)14-5-4-6-23-9-14)18(28)15(25-29-2)12-30-11-13-8-19(13,21)22/h1,4-6,9-10,13H,7-8,11-12H2,2H3. The highest BCUT2D eigenvalue weighted by molar-refractivity contribution is 8.00. The number of rotatable bonds is 9. The van der Waals surface area contributed by atoms with E-state index in [-0.39, 0.29) is 41.0 Å². The second-order valence-electron chi connectivity index (χ2n) is 6.45. The van der Waals surface area contributed by atoms with E-state index in [1.807, 2.05) is 0 Å². The molecule has 30 heavy (non-hydrogen) atoms. The topological polar surface area (TPSA) is 72.6 Å². The zero-order valence-corrected chi connectivity index (χ0v) is 17.5. The van der Waals surface area contributed by atoms with Crippen LogP contribution >= 0.6 is 23.4 Å². The van der Waals surface area contributed by atoms with E-state index < -0.39 is 17.7 Å². The number of anilines is 1. The number of halogens is 3. The molecule has 2 aromatic rings. The number of aromatic nitrogens is 3. The van der Waals surface area contributed by atoms with Crippen LogP contribution in [0.1, 0.15) is 6.42 Å². The van der Waals surface area contributed by atoms with Gasteiger partial charge in [0, 0.05) is 30.0 Å². The van der Waals surface area contributed by atoms with Gasteiger partial charge in [-0.3, -0.25) is 14.7 Å². The maximum Gasteiger partial charge on any atom is 0.277 e. The normalized spacial score (nSPS) is 17.3. The van der Waals surface area contributed by atoms with E-state index >= 15 is 0 Å². The molecule has 0 bridgehead atoms. The number of hydrogen-bond donors (Lipinski definition) is 0. The van der Waals surface area contributed by atoms with Crippen molar-refractivity contribution in [3.63, 3.8) is 0 Å². The largest absolute Gasteiger partial charge is 0.399 e. The number of amides is 1. The predicted octanol–water partition coefficient (Wildman–Crippen LogP) is 3.28. The maximum absolute atomic E-state index is 13.1. The Morgan fingerprint density at radius 3 is 2.97 bits per heavy atom. The first-order chi connectivity index (χ1) is 14.4. The summed E-state index contributed by atoms with van der Waals surface area (Å²) in [6.07, 6.45) is 10.1. The molecule has 0 N–H and O–H groups in total. The van der Waals surface area contributed by atoms with Crippen LogP contribution in [0.5, 0.6) is 0 Å². The Balaban J connectivity index is 1.78. The summed E-state index contributed by atoms with van der Waals surface area (Å²) >= 11 is 7.45. The Bertz CT molecular complexity index is 977. The van der Waals surface area contributed by atoms with Crippen molar-refractivity contribution in [2.75, 3.05) is 30.1 Å². The number of alkyl halides is 2. The Hall–Kier alpha value is -2.64. The van der Waals surface area contributed by atoms with Crippen molar-refractivity contribution in [3.05, 3.63) is 35.9 Å². The molecule has 1 saturated carbocycles. The molecular formula is C19H18ClF2N5O2S. The lowest BCUT2D eigenvalue weighted by atomic mass is 10.3. The summed E-state index contributed by atoms with van der Waals surface area (Å²) in [5.74, 6) is -1.10. The van der Waals surface area contributed by atoms with E-state index in [0.29, 0.717) is 5.69 Å². The summed E-state index contributed by atoms with van der Waals surface area (Å²) in [5.41, 5.74) is 0.961. The van der Waals surface area contributed by atoms with Gasteiger partial charge in [0.15, 0.2) is 10.9 Å². The summed E-state index contributed by atoms with van der Waals surface area (Å²) in [6.45, 7) is -0.0919. The first-order valence-corrected chi connectivity index (χ1v) is 10.4. The van der Waals surface area contributed by atoms with Crippen LogP contribution in [-0.4, -0.2) is 57.5 Å². The minimum atomic E-state index is -2.61. The highest BCUT2D eigenvalue weighted by atomic mass is 35.5. The van der Waals surface area contributed by atoms with Gasteiger partial charge in [0.05, 0.1) is 24.6 Å². The summed E-state index contributed by atoms with van der Waals surface area (Å²) in [7, 11) is 1.30. The van der Waals surface area contributed by atoms with Crippen LogP contribution in [0.2, 0.25) is 5.15 Å². The summed E-state index contributed by atoms with van der Waals surface area (Å²) in [4.78, 5) is 23.1. The van der Waals surface area contributed by atoms with Gasteiger partial charge in [-0.1, -0.05) is 22.7 Å². The number of terminal acetylenes is 1. The third kappa shape index (κ3) is 5.09. The highest BCUT2D eigenvalue weighted by Crippen LogP contribution is 2.50. The van der Waals surface area contributed by atoms with Crippen molar-refractivity contribution in [1.82, 2.24) is 14.8 Å². The van der Waals surface area contributed by atoms with E-state index in [1.165, 1.54) is 28.5 Å². The van der Waals surface area contributed by atoms with Gasteiger partial charge in [0.25, 0.3) is 11.8 Å². The Morgan fingerprint density at radius 1 is 1.60 bits per heavy atom. The lowest BCUT2D eigenvalue weighted by Gasteiger charge is -2.19. The Kier molecular flexibility index (Phi) is 6.95. The monoisotopic (exact) mass is 453 g/mol. The summed E-state index contributed by atoms with van der Waals surface area (Å²) in [5, 5.41) is 8.03. The predicted molar refractivity (Wildman–Crippen MR) is 112 cm³/mol. The molecule has 0 spiro atoms. The van der Waals surface area contributed by atoms with Gasteiger partial charge in [0.2, 0.25) is 0 Å². The molecule has 0 radical (unpaired) electrons. The van der Waals surface area contributed by atoms with Gasteiger partial charge >= 0.3 is 0 Å². The fourth-order valence-corrected chi connectivity index (χ4v) is 4.01. The van der Waals surface area contributed by atoms with Gasteiger partial charge in [0.1, 0.15) is 12.8 Å². The fraction of sp³-hybridized carbons (Fsp3) is 0.368. The molecule has 2 heterocycles. The van der Waals surface area contributed by atoms with Crippen LogP contribution in [0, 0.1) is 18.3 Å². The third-order valence-electron chi connectivity index (χ3n) is 4.31. The molecule has 0 aliphatic heterocycles. The highest BCUT2D eigenvalue weighted by Gasteiger charge is 2.56. The molecule has 1 unspecified atom stereocenters. The molecule has 11 heteroatoms. The van der Waals surface area contributed by atoms with Gasteiger partial charge in [-0.05, 0) is 12.1 Å². The molecule has 2 aromatic heterocycles. The number of carbonyl (C=O) groups is 1. The first kappa shape index (κ1) is 22.1. The summed E-state index contributed by atoms with van der Waals surface area (Å²) < 4.78 is 27.6. The van der Waals surface area contributed by atoms with Crippen molar-refractivity contribution >= 4 is 40.7 Å². The molecular weight excluding hydrogens is 436 g/mol. The number of carbonyl (C=O) groups excluding carboxylic acids is 1. The van der Waals surface area contributed by atoms with E-state index in [9.17, 15) is 13.6 Å². The van der Waals surface area contributed by atoms with Gasteiger partial charge in [-0.2, -0.15) is 16.9 Å². The lowest BCUT2D eigenvalue weighted by molar-refractivity contribution is -0.112. The Morgan fingerprint density at radius 2 is 2.37 bits per heavy atom. The molecule has 3 rings (SSSR count). The molecule has 0 saturated heterocycles. The zero-order valence-electron chi connectivity index (χ0n) is 16.0. The lowest BCUT2D eigenvalue weighted by Crippen LogP contribution is -2.38. The van der Waals surface area contributed by atoms with Crippen molar-refractivity contribution in [2.45, 2.75) is 12.3 Å². The SMILES string of the molecule is C#CCN(C(=O)C(CSCC1CC1(F)F)=NOC)c1cn(-c2cccnc2)nc1Cl. The molecule has 1 aliphatic carbocycles. The molecule has 1 aliphatic rings. The zero-order chi connectivity index (χ0) is 21.7. The van der Waals surface area contributed by atoms with Crippen LogP contribution in [-0.2, 0) is 9.63 Å². The van der Waals surface area contributed by atoms with Crippen LogP contribution in [0.15, 0.2) is 35.9 Å². The van der Waals surface area contributed by atoms with Crippen LogP contribution in [0.4, 0.5) is 14.5 Å².